The number of benzene rings is 1. The van der Waals surface area contributed by atoms with Crippen LogP contribution in [0.4, 0.5) is 5.69 Å². The zero-order valence-corrected chi connectivity index (χ0v) is 17.5. The minimum atomic E-state index is -0.511. The van der Waals surface area contributed by atoms with Crippen molar-refractivity contribution in [2.24, 2.45) is 0 Å². The van der Waals surface area contributed by atoms with Gasteiger partial charge in [-0.1, -0.05) is 12.1 Å². The van der Waals surface area contributed by atoms with Crippen molar-refractivity contribution in [3.8, 4) is 0 Å². The van der Waals surface area contributed by atoms with Gasteiger partial charge in [0.25, 0.3) is 5.91 Å². The van der Waals surface area contributed by atoms with Gasteiger partial charge in [0.05, 0.1) is 18.5 Å². The number of allylic oxidation sites excluding steroid dienone is 1. The Morgan fingerprint density at radius 1 is 1.29 bits per heavy atom. The van der Waals surface area contributed by atoms with Gasteiger partial charge in [-0.25, -0.2) is 0 Å². The van der Waals surface area contributed by atoms with E-state index in [1.165, 1.54) is 0 Å². The number of pyridine rings is 1. The summed E-state index contributed by atoms with van der Waals surface area (Å²) >= 11 is 2.27. The number of nitrogens with zero attached hydrogens (tertiary/aromatic N) is 1. The van der Waals surface area contributed by atoms with Crippen LogP contribution < -0.4 is 5.32 Å². The van der Waals surface area contributed by atoms with E-state index in [0.717, 1.165) is 15.6 Å². The molecule has 1 amide bonds. The third kappa shape index (κ3) is 6.02. The lowest BCUT2D eigenvalue weighted by molar-refractivity contribution is -0.143. The average Bonchev–Trinajstić information content (AvgIpc) is 2.72. The second-order valence-electron chi connectivity index (χ2n) is 6.47. The third-order valence-corrected chi connectivity index (χ3v) is 5.07. The Morgan fingerprint density at radius 2 is 2.11 bits per heavy atom. The lowest BCUT2D eigenvalue weighted by atomic mass is 9.93. The molecule has 0 fully saturated rings. The Kier molecular flexibility index (Phi) is 7.81. The lowest BCUT2D eigenvalue weighted by Gasteiger charge is -2.29. The van der Waals surface area contributed by atoms with Gasteiger partial charge in [0.1, 0.15) is 0 Å². The first kappa shape index (κ1) is 20.8. The Balaban J connectivity index is 1.74. The van der Waals surface area contributed by atoms with Crippen LogP contribution in [0.3, 0.4) is 0 Å². The number of aromatic nitrogens is 1. The summed E-state index contributed by atoms with van der Waals surface area (Å²) in [5.41, 5.74) is 1.72. The van der Waals surface area contributed by atoms with Crippen LogP contribution in [0.1, 0.15) is 30.7 Å². The Labute approximate surface area is 178 Å². The largest absolute Gasteiger partial charge is 0.459 e. The number of unbranched alkanes of at least 4 members (excludes halogenated alkanes) is 1. The molecule has 0 unspecified atom stereocenters. The van der Waals surface area contributed by atoms with Gasteiger partial charge in [0, 0.05) is 28.7 Å². The number of amides is 1. The molecule has 0 spiro atoms. The molecule has 1 aromatic heterocycles. The first-order valence-electron chi connectivity index (χ1n) is 9.23. The number of hydrogen-bond acceptors (Lipinski definition) is 5. The van der Waals surface area contributed by atoms with Crippen molar-refractivity contribution in [3.05, 3.63) is 69.8 Å². The molecular weight excluding hydrogens is 471 g/mol. The van der Waals surface area contributed by atoms with Gasteiger partial charge in [-0.2, -0.15) is 0 Å². The molecule has 2 atom stereocenters. The van der Waals surface area contributed by atoms with Gasteiger partial charge in [-0.05, 0) is 71.3 Å². The molecule has 148 valence electrons. The first-order valence-corrected chi connectivity index (χ1v) is 10.3. The number of nitrogens with one attached hydrogen (secondary N) is 1. The predicted octanol–water partition coefficient (Wildman–Crippen LogP) is 3.83. The van der Waals surface area contributed by atoms with Gasteiger partial charge in [0.15, 0.2) is 5.76 Å². The molecule has 1 aliphatic heterocycles. The molecule has 0 saturated heterocycles. The molecular formula is C21H23IN2O4. The highest BCUT2D eigenvalue weighted by Crippen LogP contribution is 2.32. The summed E-state index contributed by atoms with van der Waals surface area (Å²) in [5, 5.41) is 11.7. The summed E-state index contributed by atoms with van der Waals surface area (Å²) in [5.74, 6) is -0.0683. The normalized spacial score (nSPS) is 18.9. The van der Waals surface area contributed by atoms with Crippen LogP contribution in [-0.2, 0) is 14.3 Å². The van der Waals surface area contributed by atoms with E-state index >= 15 is 0 Å². The highest BCUT2D eigenvalue weighted by Gasteiger charge is 2.28. The molecule has 6 nitrogen and oxygen atoms in total. The van der Waals surface area contributed by atoms with Crippen LogP contribution in [0.15, 0.2) is 60.6 Å². The minimum Gasteiger partial charge on any atom is -0.459 e. The van der Waals surface area contributed by atoms with Gasteiger partial charge < -0.3 is 19.9 Å². The summed E-state index contributed by atoms with van der Waals surface area (Å²) < 4.78 is 12.8. The maximum atomic E-state index is 12.7. The van der Waals surface area contributed by atoms with Crippen molar-refractivity contribution >= 4 is 34.2 Å². The molecule has 0 radical (unpaired) electrons. The summed E-state index contributed by atoms with van der Waals surface area (Å²) in [4.78, 5) is 16.7. The number of rotatable bonds is 8. The molecule has 2 aromatic rings. The number of aliphatic hydroxyl groups is 1. The van der Waals surface area contributed by atoms with E-state index in [1.54, 1.807) is 24.5 Å². The van der Waals surface area contributed by atoms with Gasteiger partial charge in [0.2, 0.25) is 6.29 Å². The zero-order valence-electron chi connectivity index (χ0n) is 15.4. The van der Waals surface area contributed by atoms with E-state index in [0.29, 0.717) is 25.1 Å². The zero-order chi connectivity index (χ0) is 19.8. The topological polar surface area (TPSA) is 80.7 Å². The van der Waals surface area contributed by atoms with E-state index in [2.05, 4.69) is 45.0 Å². The second kappa shape index (κ2) is 10.5. The quantitative estimate of drug-likeness (QED) is 0.431. The van der Waals surface area contributed by atoms with Crippen molar-refractivity contribution in [1.82, 2.24) is 4.98 Å². The summed E-state index contributed by atoms with van der Waals surface area (Å²) in [6.45, 7) is 0.612. The van der Waals surface area contributed by atoms with Crippen LogP contribution in [0.25, 0.3) is 0 Å². The number of carbonyl (C=O) groups excluding carboxylic acids is 1. The van der Waals surface area contributed by atoms with Gasteiger partial charge in [-0.3, -0.25) is 9.78 Å². The van der Waals surface area contributed by atoms with Crippen molar-refractivity contribution in [2.45, 2.75) is 31.5 Å². The van der Waals surface area contributed by atoms with Crippen molar-refractivity contribution in [1.29, 1.82) is 0 Å². The van der Waals surface area contributed by atoms with Crippen LogP contribution in [0.2, 0.25) is 0 Å². The van der Waals surface area contributed by atoms with Crippen LogP contribution >= 0.6 is 22.6 Å². The average molecular weight is 494 g/mol. The SMILES string of the molecule is O=C(Nc1cccnc1)C1=C[C@H](c2ccc(I)cc2)C[C@H](OCCCCO)O1. The second-order valence-corrected chi connectivity index (χ2v) is 7.72. The Morgan fingerprint density at radius 3 is 2.82 bits per heavy atom. The van der Waals surface area contributed by atoms with Crippen LogP contribution in [0, 0.1) is 3.57 Å². The van der Waals surface area contributed by atoms with Crippen molar-refractivity contribution in [3.63, 3.8) is 0 Å². The van der Waals surface area contributed by atoms with E-state index in [-0.39, 0.29) is 24.2 Å². The summed E-state index contributed by atoms with van der Waals surface area (Å²) in [6.07, 6.45) is 6.62. The number of aliphatic hydroxyl groups excluding tert-OH is 1. The molecule has 0 saturated carbocycles. The first-order chi connectivity index (χ1) is 13.7. The standard InChI is InChI=1S/C21H23IN2O4/c22-17-7-5-15(6-8-17)16-12-19(21(26)24-18-4-3-9-23-14-18)28-20(13-16)27-11-2-1-10-25/h3-9,12,14,16,20,25H,1-2,10-11,13H2,(H,24,26)/t16-,20+/m0/s1. The fraction of sp³-hybridized carbons (Fsp3) is 0.333. The molecule has 1 aromatic carbocycles. The smallest absolute Gasteiger partial charge is 0.290 e. The molecule has 7 heteroatoms. The van der Waals surface area contributed by atoms with Crippen molar-refractivity contribution in [2.75, 3.05) is 18.5 Å². The maximum Gasteiger partial charge on any atom is 0.290 e. The van der Waals surface area contributed by atoms with Crippen molar-refractivity contribution < 1.29 is 19.4 Å². The van der Waals surface area contributed by atoms with E-state index in [1.807, 2.05) is 18.2 Å². The summed E-state index contributed by atoms with van der Waals surface area (Å²) in [7, 11) is 0. The Bertz CT molecular complexity index is 796. The molecule has 1 aliphatic rings. The van der Waals surface area contributed by atoms with Crippen LogP contribution in [0.5, 0.6) is 0 Å². The molecule has 3 rings (SSSR count). The Hall–Kier alpha value is -1.97. The highest BCUT2D eigenvalue weighted by atomic mass is 127. The fourth-order valence-electron chi connectivity index (χ4n) is 2.92. The number of ether oxygens (including phenoxy) is 2. The fourth-order valence-corrected chi connectivity index (χ4v) is 3.28. The van der Waals surface area contributed by atoms with E-state index in [9.17, 15) is 4.79 Å². The molecule has 2 N–H and O–H groups in total. The predicted molar refractivity (Wildman–Crippen MR) is 115 cm³/mol. The van der Waals surface area contributed by atoms with E-state index < -0.39 is 6.29 Å². The van der Waals surface area contributed by atoms with E-state index in [4.69, 9.17) is 14.6 Å². The third-order valence-electron chi connectivity index (χ3n) is 4.35. The highest BCUT2D eigenvalue weighted by molar-refractivity contribution is 14.1. The molecule has 2 heterocycles. The van der Waals surface area contributed by atoms with Gasteiger partial charge in [-0.15, -0.1) is 0 Å². The van der Waals surface area contributed by atoms with Crippen LogP contribution in [-0.4, -0.2) is 35.5 Å². The minimum absolute atomic E-state index is 0.0169. The monoisotopic (exact) mass is 494 g/mol. The number of halogens is 1. The molecule has 28 heavy (non-hydrogen) atoms. The molecule has 0 aliphatic carbocycles. The molecule has 0 bridgehead atoms. The lowest BCUT2D eigenvalue weighted by Crippen LogP contribution is -2.29. The van der Waals surface area contributed by atoms with Gasteiger partial charge >= 0.3 is 0 Å². The number of carbonyl (C=O) groups is 1. The maximum absolute atomic E-state index is 12.7. The number of anilines is 1. The summed E-state index contributed by atoms with van der Waals surface area (Å²) in [6, 6.07) is 11.7. The number of hydrogen-bond donors (Lipinski definition) is 2.